The maximum absolute atomic E-state index is 13.5. The van der Waals surface area contributed by atoms with E-state index in [-0.39, 0.29) is 17.0 Å². The molecule has 0 atom stereocenters. The fourth-order valence-corrected chi connectivity index (χ4v) is 1.58. The minimum Gasteiger partial charge on any atom is -0.207 e. The van der Waals surface area contributed by atoms with E-state index in [2.05, 4.69) is 6.58 Å². The van der Waals surface area contributed by atoms with Crippen LogP contribution in [0.3, 0.4) is 0 Å². The first-order chi connectivity index (χ1) is 7.27. The number of benzene rings is 1. The molecule has 0 aliphatic heterocycles. The van der Waals surface area contributed by atoms with Gasteiger partial charge in [0.25, 0.3) is 0 Å². The summed E-state index contributed by atoms with van der Waals surface area (Å²) >= 11 is 0. The van der Waals surface area contributed by atoms with Crippen LogP contribution in [0.15, 0.2) is 18.7 Å². The van der Waals surface area contributed by atoms with Crippen LogP contribution in [-0.4, -0.2) is 0 Å². The van der Waals surface area contributed by atoms with Gasteiger partial charge in [0.05, 0.1) is 5.56 Å². The van der Waals surface area contributed by atoms with Crippen molar-refractivity contribution in [3.8, 4) is 0 Å². The van der Waals surface area contributed by atoms with Crippen molar-refractivity contribution in [3.63, 3.8) is 0 Å². The van der Waals surface area contributed by atoms with Crippen LogP contribution in [0.25, 0.3) is 6.08 Å². The van der Waals surface area contributed by atoms with Gasteiger partial charge in [-0.25, -0.2) is 4.39 Å². The van der Waals surface area contributed by atoms with E-state index in [0.29, 0.717) is 6.07 Å². The summed E-state index contributed by atoms with van der Waals surface area (Å²) in [6.07, 6.45) is -3.29. The fourth-order valence-electron chi connectivity index (χ4n) is 1.58. The van der Waals surface area contributed by atoms with Gasteiger partial charge in [-0.2, -0.15) is 13.2 Å². The average Bonchev–Trinajstić information content (AvgIpc) is 2.14. The van der Waals surface area contributed by atoms with Gasteiger partial charge in [0, 0.05) is 0 Å². The Morgan fingerprint density at radius 1 is 1.25 bits per heavy atom. The average molecular weight is 232 g/mol. The van der Waals surface area contributed by atoms with Gasteiger partial charge in [-0.15, -0.1) is 0 Å². The van der Waals surface area contributed by atoms with E-state index in [1.165, 1.54) is 6.08 Å². The smallest absolute Gasteiger partial charge is 0.207 e. The van der Waals surface area contributed by atoms with E-state index in [4.69, 9.17) is 0 Å². The van der Waals surface area contributed by atoms with Crippen LogP contribution in [0.4, 0.5) is 17.6 Å². The Hall–Kier alpha value is -1.32. The van der Waals surface area contributed by atoms with E-state index in [1.54, 1.807) is 13.8 Å². The lowest BCUT2D eigenvalue weighted by atomic mass is 9.94. The zero-order chi connectivity index (χ0) is 12.5. The lowest BCUT2D eigenvalue weighted by molar-refractivity contribution is -0.137. The molecule has 0 aliphatic carbocycles. The van der Waals surface area contributed by atoms with E-state index in [0.717, 1.165) is 6.07 Å². The minimum atomic E-state index is -4.53. The Morgan fingerprint density at radius 2 is 1.81 bits per heavy atom. The molecular weight excluding hydrogens is 220 g/mol. The third-order valence-electron chi connectivity index (χ3n) is 2.29. The molecule has 0 unspecified atom stereocenters. The Labute approximate surface area is 91.6 Å². The minimum absolute atomic E-state index is 0.185. The lowest BCUT2D eigenvalue weighted by Crippen LogP contribution is -2.08. The Bertz CT molecular complexity index is 402. The fraction of sp³-hybridized carbons (Fsp3) is 0.333. The van der Waals surface area contributed by atoms with Crippen LogP contribution in [0, 0.1) is 5.82 Å². The largest absolute Gasteiger partial charge is 0.416 e. The molecule has 1 rings (SSSR count). The van der Waals surface area contributed by atoms with E-state index in [1.807, 2.05) is 0 Å². The van der Waals surface area contributed by atoms with Crippen molar-refractivity contribution in [2.75, 3.05) is 0 Å². The van der Waals surface area contributed by atoms with Gasteiger partial charge in [-0.3, -0.25) is 0 Å². The van der Waals surface area contributed by atoms with Crippen molar-refractivity contribution < 1.29 is 17.6 Å². The van der Waals surface area contributed by atoms with Crippen LogP contribution < -0.4 is 0 Å². The summed E-state index contributed by atoms with van der Waals surface area (Å²) in [6, 6.07) is 1.45. The summed E-state index contributed by atoms with van der Waals surface area (Å²) in [7, 11) is 0. The van der Waals surface area contributed by atoms with Crippen LogP contribution in [0.2, 0.25) is 0 Å². The topological polar surface area (TPSA) is 0 Å². The van der Waals surface area contributed by atoms with Crippen LogP contribution in [-0.2, 0) is 6.18 Å². The summed E-state index contributed by atoms with van der Waals surface area (Å²) in [6.45, 7) is 6.85. The first kappa shape index (κ1) is 12.7. The van der Waals surface area contributed by atoms with Crippen LogP contribution in [0.5, 0.6) is 0 Å². The van der Waals surface area contributed by atoms with Crippen LogP contribution >= 0.6 is 0 Å². The molecule has 0 saturated heterocycles. The Morgan fingerprint density at radius 3 is 2.19 bits per heavy atom. The van der Waals surface area contributed by atoms with E-state index >= 15 is 0 Å². The zero-order valence-corrected chi connectivity index (χ0v) is 9.03. The first-order valence-electron chi connectivity index (χ1n) is 4.80. The second-order valence-electron chi connectivity index (χ2n) is 3.82. The highest BCUT2D eigenvalue weighted by Crippen LogP contribution is 2.34. The molecule has 0 fully saturated rings. The Kier molecular flexibility index (Phi) is 3.41. The number of hydrogen-bond donors (Lipinski definition) is 0. The van der Waals surface area contributed by atoms with Gasteiger partial charge in [-0.05, 0) is 29.2 Å². The van der Waals surface area contributed by atoms with Gasteiger partial charge < -0.3 is 0 Å². The predicted molar refractivity (Wildman–Crippen MR) is 55.6 cm³/mol. The molecule has 4 heteroatoms. The molecule has 1 aromatic rings. The lowest BCUT2D eigenvalue weighted by Gasteiger charge is -2.15. The van der Waals surface area contributed by atoms with Crippen molar-refractivity contribution in [3.05, 3.63) is 41.2 Å². The second-order valence-corrected chi connectivity index (χ2v) is 3.82. The standard InChI is InChI=1S/C12H12F4/c1-4-8-5-9(12(14,15)16)6-10(13)11(8)7(2)3/h4-7H,1H2,2-3H3. The van der Waals surface area contributed by atoms with Gasteiger partial charge >= 0.3 is 6.18 Å². The van der Waals surface area contributed by atoms with E-state index < -0.39 is 17.6 Å². The summed E-state index contributed by atoms with van der Waals surface area (Å²) in [4.78, 5) is 0. The summed E-state index contributed by atoms with van der Waals surface area (Å²) in [5.74, 6) is -1.02. The molecule has 0 aromatic heterocycles. The number of rotatable bonds is 2. The third kappa shape index (κ3) is 2.43. The highest BCUT2D eigenvalue weighted by Gasteiger charge is 2.32. The molecular formula is C12H12F4. The maximum atomic E-state index is 13.5. The van der Waals surface area contributed by atoms with Crippen molar-refractivity contribution in [1.82, 2.24) is 0 Å². The number of halogens is 4. The molecule has 16 heavy (non-hydrogen) atoms. The molecule has 0 N–H and O–H groups in total. The monoisotopic (exact) mass is 232 g/mol. The molecule has 0 radical (unpaired) electrons. The Balaban J connectivity index is 3.44. The maximum Gasteiger partial charge on any atom is 0.416 e. The van der Waals surface area contributed by atoms with Gasteiger partial charge in [0.15, 0.2) is 0 Å². The molecule has 0 heterocycles. The SMILES string of the molecule is C=Cc1cc(C(F)(F)F)cc(F)c1C(C)C. The zero-order valence-electron chi connectivity index (χ0n) is 9.03. The molecule has 0 bridgehead atoms. The summed E-state index contributed by atoms with van der Waals surface area (Å²) < 4.78 is 50.8. The highest BCUT2D eigenvalue weighted by atomic mass is 19.4. The molecule has 0 amide bonds. The quantitative estimate of drug-likeness (QED) is 0.653. The van der Waals surface area contributed by atoms with Gasteiger partial charge in [0.1, 0.15) is 5.82 Å². The summed E-state index contributed by atoms with van der Waals surface area (Å²) in [5, 5.41) is 0. The normalized spacial score (nSPS) is 11.9. The van der Waals surface area contributed by atoms with Crippen molar-refractivity contribution in [2.45, 2.75) is 25.9 Å². The molecule has 0 nitrogen and oxygen atoms in total. The van der Waals surface area contributed by atoms with Gasteiger partial charge in [-0.1, -0.05) is 26.5 Å². The number of alkyl halides is 3. The van der Waals surface area contributed by atoms with Crippen molar-refractivity contribution in [2.24, 2.45) is 0 Å². The van der Waals surface area contributed by atoms with Crippen molar-refractivity contribution in [1.29, 1.82) is 0 Å². The summed E-state index contributed by atoms with van der Waals surface area (Å²) in [5.41, 5.74) is -0.519. The highest BCUT2D eigenvalue weighted by molar-refractivity contribution is 5.55. The molecule has 1 aromatic carbocycles. The third-order valence-corrected chi connectivity index (χ3v) is 2.29. The van der Waals surface area contributed by atoms with Gasteiger partial charge in [0.2, 0.25) is 0 Å². The predicted octanol–water partition coefficient (Wildman–Crippen LogP) is 4.61. The molecule has 0 aliphatic rings. The number of hydrogen-bond acceptors (Lipinski definition) is 0. The molecule has 88 valence electrons. The first-order valence-corrected chi connectivity index (χ1v) is 4.80. The van der Waals surface area contributed by atoms with Crippen molar-refractivity contribution >= 4 is 6.08 Å². The second kappa shape index (κ2) is 4.28. The molecule has 0 spiro atoms. The van der Waals surface area contributed by atoms with Crippen LogP contribution in [0.1, 0.15) is 36.5 Å². The van der Waals surface area contributed by atoms with E-state index in [9.17, 15) is 17.6 Å². The molecule has 0 saturated carbocycles.